The van der Waals surface area contributed by atoms with Crippen LogP contribution in [0.3, 0.4) is 0 Å². The Kier molecular flexibility index (Phi) is 4.01. The first-order chi connectivity index (χ1) is 9.06. The SMILES string of the molecule is CC(N)CNc1ccc(-c2ccc(F)cc2F)nn1. The van der Waals surface area contributed by atoms with E-state index in [1.54, 1.807) is 12.1 Å². The number of anilines is 1. The third kappa shape index (κ3) is 3.45. The molecule has 2 rings (SSSR count). The average molecular weight is 264 g/mol. The van der Waals surface area contributed by atoms with Crippen LogP contribution in [-0.2, 0) is 0 Å². The van der Waals surface area contributed by atoms with Crippen molar-refractivity contribution in [3.8, 4) is 11.3 Å². The fourth-order valence-electron chi connectivity index (χ4n) is 1.53. The molecule has 3 N–H and O–H groups in total. The highest BCUT2D eigenvalue weighted by Crippen LogP contribution is 2.21. The van der Waals surface area contributed by atoms with Gasteiger partial charge < -0.3 is 11.1 Å². The lowest BCUT2D eigenvalue weighted by atomic mass is 10.1. The third-order valence-corrected chi connectivity index (χ3v) is 2.48. The van der Waals surface area contributed by atoms with Crippen molar-refractivity contribution in [1.29, 1.82) is 0 Å². The Morgan fingerprint density at radius 3 is 2.58 bits per heavy atom. The van der Waals surface area contributed by atoms with E-state index in [2.05, 4.69) is 15.5 Å². The van der Waals surface area contributed by atoms with Crippen molar-refractivity contribution >= 4 is 5.82 Å². The molecule has 1 atom stereocenters. The van der Waals surface area contributed by atoms with Gasteiger partial charge in [-0.2, -0.15) is 0 Å². The topological polar surface area (TPSA) is 63.8 Å². The van der Waals surface area contributed by atoms with E-state index in [1.165, 1.54) is 12.1 Å². The van der Waals surface area contributed by atoms with E-state index < -0.39 is 11.6 Å². The number of nitrogens with zero attached hydrogens (tertiary/aromatic N) is 2. The standard InChI is InChI=1S/C13H14F2N4/c1-8(16)7-17-13-5-4-12(18-19-13)10-3-2-9(14)6-11(10)15/h2-6,8H,7,16H2,1H3,(H,17,19). The molecule has 0 bridgehead atoms. The predicted octanol–water partition coefficient (Wildman–Crippen LogP) is 2.18. The number of nitrogens with one attached hydrogen (secondary N) is 1. The van der Waals surface area contributed by atoms with Crippen LogP contribution in [0, 0.1) is 11.6 Å². The Balaban J connectivity index is 2.18. The molecular weight excluding hydrogens is 250 g/mol. The van der Waals surface area contributed by atoms with Crippen molar-refractivity contribution in [1.82, 2.24) is 10.2 Å². The minimum Gasteiger partial charge on any atom is -0.367 e. The zero-order chi connectivity index (χ0) is 13.8. The van der Waals surface area contributed by atoms with Gasteiger partial charge in [-0.25, -0.2) is 8.78 Å². The molecule has 100 valence electrons. The number of aromatic nitrogens is 2. The van der Waals surface area contributed by atoms with Gasteiger partial charge in [-0.1, -0.05) is 0 Å². The van der Waals surface area contributed by atoms with Gasteiger partial charge >= 0.3 is 0 Å². The predicted molar refractivity (Wildman–Crippen MR) is 69.5 cm³/mol. The molecule has 19 heavy (non-hydrogen) atoms. The molecule has 0 aliphatic heterocycles. The molecule has 6 heteroatoms. The second-order valence-electron chi connectivity index (χ2n) is 4.29. The summed E-state index contributed by atoms with van der Waals surface area (Å²) in [4.78, 5) is 0. The van der Waals surface area contributed by atoms with Crippen LogP contribution in [0.1, 0.15) is 6.92 Å². The fourth-order valence-corrected chi connectivity index (χ4v) is 1.53. The van der Waals surface area contributed by atoms with E-state index >= 15 is 0 Å². The summed E-state index contributed by atoms with van der Waals surface area (Å²) in [5, 5.41) is 10.8. The number of hydrogen-bond acceptors (Lipinski definition) is 4. The minimum absolute atomic E-state index is 0.00369. The summed E-state index contributed by atoms with van der Waals surface area (Å²) in [5.41, 5.74) is 6.17. The van der Waals surface area contributed by atoms with Gasteiger partial charge in [0.25, 0.3) is 0 Å². The zero-order valence-corrected chi connectivity index (χ0v) is 10.4. The lowest BCUT2D eigenvalue weighted by Crippen LogP contribution is -2.25. The van der Waals surface area contributed by atoms with E-state index in [1.807, 2.05) is 6.92 Å². The van der Waals surface area contributed by atoms with Crippen LogP contribution in [0.4, 0.5) is 14.6 Å². The van der Waals surface area contributed by atoms with Gasteiger partial charge in [0.2, 0.25) is 0 Å². The van der Waals surface area contributed by atoms with E-state index in [-0.39, 0.29) is 11.6 Å². The zero-order valence-electron chi connectivity index (χ0n) is 10.4. The van der Waals surface area contributed by atoms with Crippen LogP contribution in [-0.4, -0.2) is 22.8 Å². The van der Waals surface area contributed by atoms with Crippen LogP contribution in [0.2, 0.25) is 0 Å². The Morgan fingerprint density at radius 2 is 2.00 bits per heavy atom. The molecule has 1 unspecified atom stereocenters. The van der Waals surface area contributed by atoms with Gasteiger partial charge in [0.15, 0.2) is 0 Å². The van der Waals surface area contributed by atoms with Crippen molar-refractivity contribution in [2.75, 3.05) is 11.9 Å². The molecule has 1 aromatic heterocycles. The molecule has 0 spiro atoms. The average Bonchev–Trinajstić information content (AvgIpc) is 2.37. The third-order valence-electron chi connectivity index (χ3n) is 2.48. The maximum absolute atomic E-state index is 13.6. The molecule has 0 saturated heterocycles. The molecular formula is C13H14F2N4. The molecule has 0 fully saturated rings. The second kappa shape index (κ2) is 5.71. The normalized spacial score (nSPS) is 12.2. The number of benzene rings is 1. The van der Waals surface area contributed by atoms with Crippen molar-refractivity contribution < 1.29 is 8.78 Å². The quantitative estimate of drug-likeness (QED) is 0.888. The van der Waals surface area contributed by atoms with E-state index in [4.69, 9.17) is 5.73 Å². The summed E-state index contributed by atoms with van der Waals surface area (Å²) in [6.07, 6.45) is 0. The van der Waals surface area contributed by atoms with Crippen LogP contribution in [0.15, 0.2) is 30.3 Å². The van der Waals surface area contributed by atoms with Crippen LogP contribution in [0.25, 0.3) is 11.3 Å². The first-order valence-corrected chi connectivity index (χ1v) is 5.85. The van der Waals surface area contributed by atoms with E-state index in [0.717, 1.165) is 6.07 Å². The molecule has 0 aliphatic rings. The molecule has 0 saturated carbocycles. The van der Waals surface area contributed by atoms with Crippen molar-refractivity contribution in [3.05, 3.63) is 42.0 Å². The second-order valence-corrected chi connectivity index (χ2v) is 4.29. The summed E-state index contributed by atoms with van der Waals surface area (Å²) in [6.45, 7) is 2.43. The van der Waals surface area contributed by atoms with Crippen molar-refractivity contribution in [3.63, 3.8) is 0 Å². The van der Waals surface area contributed by atoms with Gasteiger partial charge in [0.05, 0.1) is 5.69 Å². The highest BCUT2D eigenvalue weighted by Gasteiger charge is 2.08. The van der Waals surface area contributed by atoms with Gasteiger partial charge in [0, 0.05) is 24.2 Å². The maximum Gasteiger partial charge on any atom is 0.148 e. The number of rotatable bonds is 4. The molecule has 2 aromatic rings. The van der Waals surface area contributed by atoms with Gasteiger partial charge in [-0.15, -0.1) is 10.2 Å². The number of hydrogen-bond donors (Lipinski definition) is 2. The van der Waals surface area contributed by atoms with E-state index in [9.17, 15) is 8.78 Å². The van der Waals surface area contributed by atoms with Gasteiger partial charge in [-0.05, 0) is 31.2 Å². The first kappa shape index (κ1) is 13.4. The Hall–Kier alpha value is -2.08. The lowest BCUT2D eigenvalue weighted by Gasteiger charge is -2.08. The first-order valence-electron chi connectivity index (χ1n) is 5.85. The Bertz CT molecular complexity index is 555. The van der Waals surface area contributed by atoms with Crippen LogP contribution < -0.4 is 11.1 Å². The summed E-state index contributed by atoms with van der Waals surface area (Å²) < 4.78 is 26.4. The molecule has 1 aromatic carbocycles. The van der Waals surface area contributed by atoms with Gasteiger partial charge in [-0.3, -0.25) is 0 Å². The lowest BCUT2D eigenvalue weighted by molar-refractivity contribution is 0.585. The monoisotopic (exact) mass is 264 g/mol. The smallest absolute Gasteiger partial charge is 0.148 e. The Morgan fingerprint density at radius 1 is 1.21 bits per heavy atom. The highest BCUT2D eigenvalue weighted by molar-refractivity contribution is 5.60. The van der Waals surface area contributed by atoms with Crippen molar-refractivity contribution in [2.45, 2.75) is 13.0 Å². The molecule has 0 amide bonds. The molecule has 0 aliphatic carbocycles. The summed E-state index contributed by atoms with van der Waals surface area (Å²) >= 11 is 0. The summed E-state index contributed by atoms with van der Waals surface area (Å²) in [6, 6.07) is 6.63. The minimum atomic E-state index is -0.661. The largest absolute Gasteiger partial charge is 0.367 e. The van der Waals surface area contributed by atoms with E-state index in [0.29, 0.717) is 18.1 Å². The van der Waals surface area contributed by atoms with Crippen LogP contribution in [0.5, 0.6) is 0 Å². The summed E-state index contributed by atoms with van der Waals surface area (Å²) in [5.74, 6) is -0.724. The van der Waals surface area contributed by atoms with Crippen molar-refractivity contribution in [2.24, 2.45) is 5.73 Å². The molecule has 4 nitrogen and oxygen atoms in total. The fraction of sp³-hybridized carbons (Fsp3) is 0.231. The summed E-state index contributed by atoms with van der Waals surface area (Å²) in [7, 11) is 0. The van der Waals surface area contributed by atoms with Gasteiger partial charge in [0.1, 0.15) is 17.5 Å². The highest BCUT2D eigenvalue weighted by atomic mass is 19.1. The molecule has 1 heterocycles. The Labute approximate surface area is 109 Å². The maximum atomic E-state index is 13.6. The van der Waals surface area contributed by atoms with Crippen LogP contribution >= 0.6 is 0 Å². The number of halogens is 2. The number of nitrogens with two attached hydrogens (primary N) is 1. The molecule has 0 radical (unpaired) electrons.